The summed E-state index contributed by atoms with van der Waals surface area (Å²) in [5, 5.41) is 5.04. The second-order valence-electron chi connectivity index (χ2n) is 3.09. The number of thioether (sulfide) groups is 1. The first kappa shape index (κ1) is 12.5. The van der Waals surface area contributed by atoms with Crippen molar-refractivity contribution in [1.82, 2.24) is 14.6 Å². The Morgan fingerprint density at radius 1 is 1.53 bits per heavy atom. The third-order valence-corrected chi connectivity index (χ3v) is 2.80. The average molecular weight is 337 g/mol. The molecule has 0 aliphatic heterocycles. The Labute approximate surface area is 109 Å². The Kier molecular flexibility index (Phi) is 3.77. The van der Waals surface area contributed by atoms with Crippen LogP contribution in [0.15, 0.2) is 11.5 Å². The van der Waals surface area contributed by atoms with Crippen LogP contribution in [-0.2, 0) is 7.05 Å². The Hall–Kier alpha value is -0.570. The van der Waals surface area contributed by atoms with Crippen LogP contribution < -0.4 is 34.3 Å². The van der Waals surface area contributed by atoms with Gasteiger partial charge >= 0.3 is 0 Å². The van der Waals surface area contributed by atoms with E-state index in [-0.39, 0.29) is 24.0 Å². The zero-order valence-corrected chi connectivity index (χ0v) is 11.7. The number of fused-ring (bicyclic) bond motifs is 1. The lowest BCUT2D eigenvalue weighted by atomic mass is 10.3. The molecule has 0 aliphatic carbocycles. The summed E-state index contributed by atoms with van der Waals surface area (Å²) in [6.45, 7) is 1.95. The molecule has 0 aromatic carbocycles. The zero-order chi connectivity index (χ0) is 10.3. The van der Waals surface area contributed by atoms with E-state index in [1.165, 1.54) is 11.8 Å². The van der Waals surface area contributed by atoms with E-state index in [9.17, 15) is 0 Å². The zero-order valence-electron chi connectivity index (χ0n) is 8.73. The maximum absolute atomic E-state index is 5.81. The highest BCUT2D eigenvalue weighted by atomic mass is 127. The van der Waals surface area contributed by atoms with Gasteiger partial charge in [0, 0.05) is 5.10 Å². The van der Waals surface area contributed by atoms with Gasteiger partial charge in [0.15, 0.2) is 0 Å². The Bertz CT molecular complexity index is 495. The molecule has 0 unspecified atom stereocenters. The molecule has 0 atom stereocenters. The lowest BCUT2D eigenvalue weighted by molar-refractivity contribution is -0.646. The number of rotatable bonds is 1. The predicted molar refractivity (Wildman–Crippen MR) is 55.1 cm³/mol. The van der Waals surface area contributed by atoms with Crippen molar-refractivity contribution in [2.75, 3.05) is 12.0 Å². The summed E-state index contributed by atoms with van der Waals surface area (Å²) in [5.74, 6) is 0.568. The summed E-state index contributed by atoms with van der Waals surface area (Å²) in [7, 11) is 1.94. The molecule has 2 N–H and O–H groups in total. The molecule has 0 saturated heterocycles. The number of halogens is 1. The van der Waals surface area contributed by atoms with Crippen molar-refractivity contribution in [3.05, 3.63) is 11.9 Å². The summed E-state index contributed by atoms with van der Waals surface area (Å²) in [4.78, 5) is 4.26. The lowest BCUT2D eigenvalue weighted by Crippen LogP contribution is -3.00. The van der Waals surface area contributed by atoms with Crippen LogP contribution in [-0.4, -0.2) is 20.9 Å². The van der Waals surface area contributed by atoms with Gasteiger partial charge < -0.3 is 29.7 Å². The molecule has 0 aliphatic rings. The first-order valence-electron chi connectivity index (χ1n) is 4.18. The van der Waals surface area contributed by atoms with Gasteiger partial charge in [0.2, 0.25) is 0 Å². The van der Waals surface area contributed by atoms with Gasteiger partial charge in [-0.25, -0.2) is 4.57 Å². The normalized spacial score (nSPS) is 10.3. The van der Waals surface area contributed by atoms with E-state index >= 15 is 0 Å². The van der Waals surface area contributed by atoms with Gasteiger partial charge in [-0.3, -0.25) is 0 Å². The second-order valence-corrected chi connectivity index (χ2v) is 3.86. The number of anilines is 1. The van der Waals surface area contributed by atoms with Crippen LogP contribution in [0.5, 0.6) is 0 Å². The SMILES string of the molecule is CSc1nc(N)c(C)c2n1nc[n+]2C.[I-]. The molecule has 15 heavy (non-hydrogen) atoms. The van der Waals surface area contributed by atoms with Gasteiger partial charge in [0.05, 0.1) is 12.6 Å². The van der Waals surface area contributed by atoms with E-state index < -0.39 is 0 Å². The van der Waals surface area contributed by atoms with Crippen molar-refractivity contribution < 1.29 is 28.5 Å². The van der Waals surface area contributed by atoms with E-state index in [0.717, 1.165) is 16.4 Å². The molecule has 0 radical (unpaired) electrons. The molecular formula is C8H12IN5S. The molecule has 2 aromatic rings. The molecule has 0 amide bonds. The molecule has 2 heterocycles. The van der Waals surface area contributed by atoms with Gasteiger partial charge in [-0.15, -0.1) is 0 Å². The van der Waals surface area contributed by atoms with Gasteiger partial charge in [-0.2, -0.15) is 4.98 Å². The van der Waals surface area contributed by atoms with Crippen molar-refractivity contribution in [3.8, 4) is 0 Å². The fourth-order valence-electron chi connectivity index (χ4n) is 1.43. The van der Waals surface area contributed by atoms with Gasteiger partial charge in [0.1, 0.15) is 5.82 Å². The van der Waals surface area contributed by atoms with Crippen LogP contribution >= 0.6 is 11.8 Å². The van der Waals surface area contributed by atoms with Crippen LogP contribution in [0.25, 0.3) is 5.65 Å². The third-order valence-electron chi connectivity index (χ3n) is 2.17. The quantitative estimate of drug-likeness (QED) is 0.264. The summed E-state index contributed by atoms with van der Waals surface area (Å²) >= 11 is 1.53. The largest absolute Gasteiger partial charge is 1.00 e. The van der Waals surface area contributed by atoms with E-state index in [1.807, 2.05) is 24.8 Å². The summed E-state index contributed by atoms with van der Waals surface area (Å²) in [6, 6.07) is 0. The Morgan fingerprint density at radius 2 is 2.20 bits per heavy atom. The van der Waals surface area contributed by atoms with Crippen molar-refractivity contribution in [1.29, 1.82) is 0 Å². The van der Waals surface area contributed by atoms with Crippen LogP contribution in [0.2, 0.25) is 0 Å². The van der Waals surface area contributed by atoms with Crippen LogP contribution in [0.1, 0.15) is 5.56 Å². The molecule has 82 valence electrons. The first-order valence-corrected chi connectivity index (χ1v) is 5.41. The average Bonchev–Trinajstić information content (AvgIpc) is 2.54. The monoisotopic (exact) mass is 337 g/mol. The maximum atomic E-state index is 5.81. The molecule has 0 saturated carbocycles. The fourth-order valence-corrected chi connectivity index (χ4v) is 1.93. The predicted octanol–water partition coefficient (Wildman–Crippen LogP) is -2.83. The lowest BCUT2D eigenvalue weighted by Gasteiger charge is -2.00. The minimum absolute atomic E-state index is 0. The highest BCUT2D eigenvalue weighted by Gasteiger charge is 2.18. The topological polar surface area (TPSA) is 60.1 Å². The van der Waals surface area contributed by atoms with Crippen LogP contribution in [0.3, 0.4) is 0 Å². The number of aromatic nitrogens is 4. The highest BCUT2D eigenvalue weighted by Crippen LogP contribution is 2.18. The van der Waals surface area contributed by atoms with Gasteiger partial charge in [-0.1, -0.05) is 11.8 Å². The van der Waals surface area contributed by atoms with Crippen molar-refractivity contribution >= 4 is 23.2 Å². The molecule has 2 aromatic heterocycles. The number of hydrogen-bond acceptors (Lipinski definition) is 4. The minimum atomic E-state index is 0. The molecule has 7 heteroatoms. The summed E-state index contributed by atoms with van der Waals surface area (Å²) < 4.78 is 3.74. The van der Waals surface area contributed by atoms with Crippen molar-refractivity contribution in [3.63, 3.8) is 0 Å². The van der Waals surface area contributed by atoms with Crippen molar-refractivity contribution in [2.24, 2.45) is 7.05 Å². The summed E-state index contributed by atoms with van der Waals surface area (Å²) in [5.41, 5.74) is 7.76. The maximum Gasteiger partial charge on any atom is 0.275 e. The standard InChI is InChI=1S/C8H11N5S.HI/c1-5-6(9)11-8(14-3)13-7(5)12(2)4-10-13;/h4,9H,1-3H3;1H. The smallest absolute Gasteiger partial charge is 0.275 e. The number of nitrogens with two attached hydrogens (primary N) is 1. The van der Waals surface area contributed by atoms with Gasteiger partial charge in [-0.05, 0) is 17.7 Å². The molecule has 0 spiro atoms. The molecule has 2 rings (SSSR count). The van der Waals surface area contributed by atoms with E-state index in [2.05, 4.69) is 10.1 Å². The van der Waals surface area contributed by atoms with E-state index in [4.69, 9.17) is 5.73 Å². The Balaban J connectivity index is 0.00000112. The first-order chi connectivity index (χ1) is 6.65. The second kappa shape index (κ2) is 4.52. The number of aryl methyl sites for hydroxylation is 2. The number of nitrogens with zero attached hydrogens (tertiary/aromatic N) is 4. The highest BCUT2D eigenvalue weighted by molar-refractivity contribution is 7.98. The number of hydrogen-bond donors (Lipinski definition) is 1. The molecule has 0 fully saturated rings. The van der Waals surface area contributed by atoms with Crippen molar-refractivity contribution in [2.45, 2.75) is 12.1 Å². The molecule has 5 nitrogen and oxygen atoms in total. The van der Waals surface area contributed by atoms with Crippen LogP contribution in [0, 0.1) is 6.92 Å². The van der Waals surface area contributed by atoms with E-state index in [0.29, 0.717) is 5.82 Å². The molecular weight excluding hydrogens is 325 g/mol. The minimum Gasteiger partial charge on any atom is -1.00 e. The summed E-state index contributed by atoms with van der Waals surface area (Å²) in [6.07, 6.45) is 3.71. The molecule has 0 bridgehead atoms. The fraction of sp³-hybridized carbons (Fsp3) is 0.375. The Morgan fingerprint density at radius 3 is 2.80 bits per heavy atom. The van der Waals surface area contributed by atoms with Crippen LogP contribution in [0.4, 0.5) is 5.82 Å². The number of nitrogen functional groups attached to an aromatic ring is 1. The van der Waals surface area contributed by atoms with E-state index in [1.54, 1.807) is 10.8 Å². The van der Waals surface area contributed by atoms with Gasteiger partial charge in [0.25, 0.3) is 17.1 Å². The third kappa shape index (κ3) is 1.89.